The van der Waals surface area contributed by atoms with E-state index in [-0.39, 0.29) is 36.0 Å². The number of hydrogen-bond acceptors (Lipinski definition) is 7. The average molecular weight is 463 g/mol. The Labute approximate surface area is 189 Å². The molecule has 32 heavy (non-hydrogen) atoms. The third-order valence-corrected chi connectivity index (χ3v) is 7.05. The molecule has 0 saturated carbocycles. The largest absolute Gasteiger partial charge is 0.458 e. The Morgan fingerprint density at radius 1 is 0.938 bits per heavy atom. The Balaban J connectivity index is 1.55. The van der Waals surface area contributed by atoms with Crippen molar-refractivity contribution in [3.05, 3.63) is 65.7 Å². The van der Waals surface area contributed by atoms with E-state index in [1.165, 1.54) is 12.1 Å². The molecule has 8 heteroatoms. The van der Waals surface area contributed by atoms with E-state index in [4.69, 9.17) is 18.4 Å². The second-order valence-corrected chi connectivity index (χ2v) is 9.74. The fourth-order valence-corrected chi connectivity index (χ4v) is 4.51. The maximum atomic E-state index is 12.6. The van der Waals surface area contributed by atoms with Crippen molar-refractivity contribution in [2.24, 2.45) is 11.8 Å². The van der Waals surface area contributed by atoms with Gasteiger partial charge in [0.25, 0.3) is 10.1 Å². The number of carbonyl (C=O) groups is 1. The van der Waals surface area contributed by atoms with E-state index in [0.29, 0.717) is 5.56 Å². The third kappa shape index (κ3) is 5.95. The molecule has 0 spiro atoms. The topological polar surface area (TPSA) is 88.1 Å². The summed E-state index contributed by atoms with van der Waals surface area (Å²) in [6, 6.07) is 15.3. The maximum Gasteiger partial charge on any atom is 0.338 e. The first kappa shape index (κ1) is 24.4. The van der Waals surface area contributed by atoms with Crippen LogP contribution in [0.4, 0.5) is 0 Å². The summed E-state index contributed by atoms with van der Waals surface area (Å²) >= 11 is 0. The maximum absolute atomic E-state index is 12.6. The van der Waals surface area contributed by atoms with Crippen LogP contribution in [-0.4, -0.2) is 46.1 Å². The number of ether oxygens (including phenoxy) is 3. The lowest BCUT2D eigenvalue weighted by Gasteiger charge is -2.42. The van der Waals surface area contributed by atoms with Crippen LogP contribution in [0.15, 0.2) is 59.5 Å². The van der Waals surface area contributed by atoms with Gasteiger partial charge in [-0.15, -0.1) is 0 Å². The zero-order chi connectivity index (χ0) is 23.3. The summed E-state index contributed by atoms with van der Waals surface area (Å²) in [7, 11) is -3.86. The standard InChI is InChI=1S/C24H30O7S/c1-16-10-12-21(13-11-16)32(26,27)29-15-14-28-24-18(3)22(17(2)19(4)30-24)31-23(25)20-8-6-5-7-9-20/h5-13,17-19,22,24H,14-15H2,1-4H3/t17-,18+,19+,22-,24?/m1/s1. The van der Waals surface area contributed by atoms with Crippen LogP contribution in [-0.2, 0) is 28.5 Å². The molecule has 5 atom stereocenters. The fraction of sp³-hybridized carbons (Fsp3) is 0.458. The number of esters is 1. The average Bonchev–Trinajstić information content (AvgIpc) is 2.78. The number of carbonyl (C=O) groups excluding carboxylic acids is 1. The minimum absolute atomic E-state index is 0.0144. The van der Waals surface area contributed by atoms with Gasteiger partial charge >= 0.3 is 5.97 Å². The van der Waals surface area contributed by atoms with Gasteiger partial charge in [-0.3, -0.25) is 4.18 Å². The summed E-state index contributed by atoms with van der Waals surface area (Å²) in [6.45, 7) is 7.50. The molecule has 1 aliphatic heterocycles. The predicted molar refractivity (Wildman–Crippen MR) is 119 cm³/mol. The van der Waals surface area contributed by atoms with Gasteiger partial charge in [-0.05, 0) is 38.1 Å². The highest BCUT2D eigenvalue weighted by atomic mass is 32.2. The van der Waals surface area contributed by atoms with Crippen molar-refractivity contribution in [3.8, 4) is 0 Å². The van der Waals surface area contributed by atoms with Crippen molar-refractivity contribution in [1.29, 1.82) is 0 Å². The molecular weight excluding hydrogens is 432 g/mol. The SMILES string of the molecule is Cc1ccc(S(=O)(=O)OCCOC2O[C@@H](C)[C@@H](C)[C@@H](OC(=O)c3ccccc3)[C@@H]2C)cc1. The molecule has 0 N–H and O–H groups in total. The molecular formula is C24H30O7S. The van der Waals surface area contributed by atoms with Crippen molar-refractivity contribution in [1.82, 2.24) is 0 Å². The molecule has 0 bridgehead atoms. The number of hydrogen-bond donors (Lipinski definition) is 0. The Bertz CT molecular complexity index is 989. The van der Waals surface area contributed by atoms with Crippen LogP contribution >= 0.6 is 0 Å². The molecule has 1 saturated heterocycles. The van der Waals surface area contributed by atoms with Crippen molar-refractivity contribution in [2.45, 2.75) is 51.1 Å². The molecule has 2 aromatic rings. The molecule has 0 radical (unpaired) electrons. The summed E-state index contributed by atoms with van der Waals surface area (Å²) < 4.78 is 47.2. The van der Waals surface area contributed by atoms with Crippen molar-refractivity contribution >= 4 is 16.1 Å². The van der Waals surface area contributed by atoms with E-state index in [0.717, 1.165) is 5.56 Å². The lowest BCUT2D eigenvalue weighted by Crippen LogP contribution is -2.50. The van der Waals surface area contributed by atoms with Gasteiger partial charge in [-0.2, -0.15) is 8.42 Å². The van der Waals surface area contributed by atoms with Crippen LogP contribution in [0.1, 0.15) is 36.7 Å². The van der Waals surface area contributed by atoms with Gasteiger partial charge in [0.15, 0.2) is 6.29 Å². The molecule has 0 amide bonds. The summed E-state index contributed by atoms with van der Waals surface area (Å²) in [6.07, 6.45) is -1.27. The monoisotopic (exact) mass is 462 g/mol. The van der Waals surface area contributed by atoms with Gasteiger partial charge in [-0.1, -0.05) is 49.7 Å². The minimum Gasteiger partial charge on any atom is -0.458 e. The van der Waals surface area contributed by atoms with Crippen LogP contribution in [0, 0.1) is 18.8 Å². The first-order valence-corrected chi connectivity index (χ1v) is 12.1. The fourth-order valence-electron chi connectivity index (χ4n) is 3.61. The summed E-state index contributed by atoms with van der Waals surface area (Å²) in [5.41, 5.74) is 1.44. The predicted octanol–water partition coefficient (Wildman–Crippen LogP) is 3.96. The number of benzene rings is 2. The van der Waals surface area contributed by atoms with Crippen molar-refractivity contribution in [3.63, 3.8) is 0 Å². The first-order valence-electron chi connectivity index (χ1n) is 10.7. The van der Waals surface area contributed by atoms with Crippen LogP contribution in [0.25, 0.3) is 0 Å². The highest BCUT2D eigenvalue weighted by molar-refractivity contribution is 7.86. The van der Waals surface area contributed by atoms with Crippen LogP contribution in [0.2, 0.25) is 0 Å². The Hall–Kier alpha value is -2.26. The highest BCUT2D eigenvalue weighted by Crippen LogP contribution is 2.33. The zero-order valence-electron chi connectivity index (χ0n) is 18.8. The lowest BCUT2D eigenvalue weighted by atomic mass is 9.86. The molecule has 2 aromatic carbocycles. The van der Waals surface area contributed by atoms with Gasteiger partial charge in [-0.25, -0.2) is 4.79 Å². The third-order valence-electron chi connectivity index (χ3n) is 5.72. The molecule has 0 aliphatic carbocycles. The summed E-state index contributed by atoms with van der Waals surface area (Å²) in [5, 5.41) is 0. The van der Waals surface area contributed by atoms with E-state index < -0.39 is 28.5 Å². The van der Waals surface area contributed by atoms with Gasteiger partial charge in [0.05, 0.1) is 29.8 Å². The van der Waals surface area contributed by atoms with Gasteiger partial charge in [0.1, 0.15) is 6.10 Å². The summed E-state index contributed by atoms with van der Waals surface area (Å²) in [5.74, 6) is -0.673. The molecule has 1 aliphatic rings. The molecule has 1 fully saturated rings. The van der Waals surface area contributed by atoms with Crippen LogP contribution in [0.3, 0.4) is 0 Å². The Kier molecular flexibility index (Phi) is 8.05. The molecule has 1 heterocycles. The van der Waals surface area contributed by atoms with E-state index >= 15 is 0 Å². The number of rotatable bonds is 8. The highest BCUT2D eigenvalue weighted by Gasteiger charge is 2.42. The Morgan fingerprint density at radius 2 is 1.59 bits per heavy atom. The van der Waals surface area contributed by atoms with E-state index in [9.17, 15) is 13.2 Å². The minimum atomic E-state index is -3.86. The van der Waals surface area contributed by atoms with Crippen LogP contribution < -0.4 is 0 Å². The Morgan fingerprint density at radius 3 is 2.25 bits per heavy atom. The van der Waals surface area contributed by atoms with Crippen molar-refractivity contribution in [2.75, 3.05) is 13.2 Å². The van der Waals surface area contributed by atoms with E-state index in [1.54, 1.807) is 36.4 Å². The molecule has 174 valence electrons. The quantitative estimate of drug-likeness (QED) is 0.333. The second kappa shape index (κ2) is 10.6. The lowest BCUT2D eigenvalue weighted by molar-refractivity contribution is -0.258. The molecule has 7 nitrogen and oxygen atoms in total. The van der Waals surface area contributed by atoms with Crippen molar-refractivity contribution < 1.29 is 31.6 Å². The molecule has 1 unspecified atom stereocenters. The number of aryl methyl sites for hydroxylation is 1. The first-order chi connectivity index (χ1) is 15.2. The van der Waals surface area contributed by atoms with Gasteiger partial charge < -0.3 is 14.2 Å². The normalized spacial score (nSPS) is 25.9. The molecule has 0 aromatic heterocycles. The smallest absolute Gasteiger partial charge is 0.338 e. The zero-order valence-corrected chi connectivity index (χ0v) is 19.6. The van der Waals surface area contributed by atoms with Crippen LogP contribution in [0.5, 0.6) is 0 Å². The van der Waals surface area contributed by atoms with E-state index in [1.807, 2.05) is 33.8 Å². The van der Waals surface area contributed by atoms with E-state index in [2.05, 4.69) is 0 Å². The second-order valence-electron chi connectivity index (χ2n) is 8.12. The van der Waals surface area contributed by atoms with Gasteiger partial charge in [0.2, 0.25) is 0 Å². The molecule has 3 rings (SSSR count). The summed E-state index contributed by atoms with van der Waals surface area (Å²) in [4.78, 5) is 12.7. The van der Waals surface area contributed by atoms with Gasteiger partial charge in [0, 0.05) is 11.8 Å².